The maximum absolute atomic E-state index is 12.4. The molecule has 1 atom stereocenters. The first-order valence-electron chi connectivity index (χ1n) is 7.83. The van der Waals surface area contributed by atoms with Crippen molar-refractivity contribution in [2.24, 2.45) is 0 Å². The molecule has 124 valence electrons. The largest absolute Gasteiger partial charge is 0.345 e. The molecule has 3 heterocycles. The molecule has 0 bridgehead atoms. The van der Waals surface area contributed by atoms with E-state index in [4.69, 9.17) is 0 Å². The fourth-order valence-electron chi connectivity index (χ4n) is 2.69. The maximum Gasteiger partial charge on any atom is 0.234 e. The van der Waals surface area contributed by atoms with E-state index in [0.717, 1.165) is 37.6 Å². The van der Waals surface area contributed by atoms with Crippen LogP contribution < -0.4 is 5.32 Å². The molecule has 0 aliphatic carbocycles. The zero-order chi connectivity index (χ0) is 16.1. The van der Waals surface area contributed by atoms with E-state index in [9.17, 15) is 4.79 Å². The lowest BCUT2D eigenvalue weighted by atomic mass is 10.2. The molecule has 1 fully saturated rings. The second-order valence-electron chi connectivity index (χ2n) is 5.85. The van der Waals surface area contributed by atoms with Crippen molar-refractivity contribution in [1.82, 2.24) is 20.1 Å². The molecule has 0 radical (unpaired) electrons. The number of carbonyl (C=O) groups is 1. The standard InChI is InChI=1S/C16H22N4OS2/c1-19-5-7-20(8-6-19)12-15(21)18-14(16-17-4-10-23-16)11-13-3-2-9-22-13/h2-4,9-10,14H,5-8,11-12H2,1H3,(H,18,21)/t14-/m1/s1. The van der Waals surface area contributed by atoms with Crippen LogP contribution in [-0.2, 0) is 11.2 Å². The highest BCUT2D eigenvalue weighted by molar-refractivity contribution is 7.10. The van der Waals surface area contributed by atoms with Gasteiger partial charge in [0.2, 0.25) is 5.91 Å². The Morgan fingerprint density at radius 1 is 1.30 bits per heavy atom. The van der Waals surface area contributed by atoms with Gasteiger partial charge in [-0.2, -0.15) is 0 Å². The molecule has 5 nitrogen and oxygen atoms in total. The van der Waals surface area contributed by atoms with Crippen LogP contribution in [0.4, 0.5) is 0 Å². The van der Waals surface area contributed by atoms with Crippen molar-refractivity contribution in [3.05, 3.63) is 39.0 Å². The summed E-state index contributed by atoms with van der Waals surface area (Å²) >= 11 is 3.32. The van der Waals surface area contributed by atoms with Crippen LogP contribution in [0.3, 0.4) is 0 Å². The Morgan fingerprint density at radius 3 is 2.78 bits per heavy atom. The Hall–Kier alpha value is -1.28. The third-order valence-corrected chi connectivity index (χ3v) is 5.82. The Kier molecular flexibility index (Phi) is 5.77. The molecule has 23 heavy (non-hydrogen) atoms. The maximum atomic E-state index is 12.4. The van der Waals surface area contributed by atoms with E-state index < -0.39 is 0 Å². The Bertz CT molecular complexity index is 592. The van der Waals surface area contributed by atoms with Gasteiger partial charge in [0.15, 0.2) is 0 Å². The van der Waals surface area contributed by atoms with Crippen LogP contribution in [0.25, 0.3) is 0 Å². The number of rotatable bonds is 6. The highest BCUT2D eigenvalue weighted by atomic mass is 32.1. The first kappa shape index (κ1) is 16.6. The third kappa shape index (κ3) is 4.84. The fourth-order valence-corrected chi connectivity index (χ4v) is 4.13. The van der Waals surface area contributed by atoms with Crippen molar-refractivity contribution in [1.29, 1.82) is 0 Å². The van der Waals surface area contributed by atoms with Gasteiger partial charge < -0.3 is 10.2 Å². The lowest BCUT2D eigenvalue weighted by Gasteiger charge is -2.32. The molecular formula is C16H22N4OS2. The number of likely N-dealkylation sites (N-methyl/N-ethyl adjacent to an activating group) is 1. The summed E-state index contributed by atoms with van der Waals surface area (Å²) in [6.07, 6.45) is 2.60. The van der Waals surface area contributed by atoms with Gasteiger partial charge in [-0.25, -0.2) is 4.98 Å². The van der Waals surface area contributed by atoms with Gasteiger partial charge in [-0.3, -0.25) is 9.69 Å². The molecular weight excluding hydrogens is 328 g/mol. The number of hydrogen-bond donors (Lipinski definition) is 1. The zero-order valence-corrected chi connectivity index (χ0v) is 14.9. The molecule has 0 aromatic carbocycles. The van der Waals surface area contributed by atoms with Gasteiger partial charge >= 0.3 is 0 Å². The minimum Gasteiger partial charge on any atom is -0.345 e. The van der Waals surface area contributed by atoms with E-state index in [2.05, 4.69) is 38.6 Å². The van der Waals surface area contributed by atoms with Crippen LogP contribution in [-0.4, -0.2) is 60.5 Å². The number of thiazole rings is 1. The van der Waals surface area contributed by atoms with Crippen molar-refractivity contribution in [2.75, 3.05) is 39.8 Å². The molecule has 1 saturated heterocycles. The molecule has 3 rings (SSSR count). The molecule has 7 heteroatoms. The molecule has 0 unspecified atom stereocenters. The van der Waals surface area contributed by atoms with E-state index in [0.29, 0.717) is 6.54 Å². The number of amides is 1. The summed E-state index contributed by atoms with van der Waals surface area (Å²) in [7, 11) is 2.12. The highest BCUT2D eigenvalue weighted by Gasteiger charge is 2.21. The van der Waals surface area contributed by atoms with E-state index in [-0.39, 0.29) is 11.9 Å². The first-order valence-corrected chi connectivity index (χ1v) is 9.58. The Labute approximate surface area is 144 Å². The summed E-state index contributed by atoms with van der Waals surface area (Å²) in [5, 5.41) is 8.18. The molecule has 1 aliphatic rings. The van der Waals surface area contributed by atoms with Crippen LogP contribution in [0.2, 0.25) is 0 Å². The lowest BCUT2D eigenvalue weighted by molar-refractivity contribution is -0.123. The van der Waals surface area contributed by atoms with E-state index in [1.807, 2.05) is 11.4 Å². The Morgan fingerprint density at radius 2 is 2.13 bits per heavy atom. The van der Waals surface area contributed by atoms with Gasteiger partial charge in [-0.15, -0.1) is 22.7 Å². The number of piperazine rings is 1. The average molecular weight is 351 g/mol. The van der Waals surface area contributed by atoms with Gasteiger partial charge in [0.25, 0.3) is 0 Å². The van der Waals surface area contributed by atoms with Crippen molar-refractivity contribution in [2.45, 2.75) is 12.5 Å². The number of hydrogen-bond acceptors (Lipinski definition) is 6. The van der Waals surface area contributed by atoms with Gasteiger partial charge in [0.1, 0.15) is 5.01 Å². The summed E-state index contributed by atoms with van der Waals surface area (Å²) in [5.74, 6) is 0.0892. The average Bonchev–Trinajstić information content (AvgIpc) is 3.22. The third-order valence-electron chi connectivity index (χ3n) is 4.03. The highest BCUT2D eigenvalue weighted by Crippen LogP contribution is 2.23. The van der Waals surface area contributed by atoms with E-state index in [1.54, 1.807) is 28.9 Å². The second-order valence-corrected chi connectivity index (χ2v) is 7.81. The molecule has 0 saturated carbocycles. The van der Waals surface area contributed by atoms with Gasteiger partial charge in [-0.1, -0.05) is 6.07 Å². The Balaban J connectivity index is 1.58. The number of nitrogens with zero attached hydrogens (tertiary/aromatic N) is 3. The smallest absolute Gasteiger partial charge is 0.234 e. The molecule has 1 aliphatic heterocycles. The molecule has 1 N–H and O–H groups in total. The van der Waals surface area contributed by atoms with Crippen LogP contribution >= 0.6 is 22.7 Å². The van der Waals surface area contributed by atoms with Gasteiger partial charge in [0, 0.05) is 49.1 Å². The van der Waals surface area contributed by atoms with Crippen LogP contribution in [0, 0.1) is 0 Å². The molecule has 1 amide bonds. The first-order chi connectivity index (χ1) is 11.2. The predicted octanol–water partition coefficient (Wildman–Crippen LogP) is 1.85. The van der Waals surface area contributed by atoms with Crippen LogP contribution in [0.15, 0.2) is 29.1 Å². The van der Waals surface area contributed by atoms with Crippen molar-refractivity contribution < 1.29 is 4.79 Å². The monoisotopic (exact) mass is 350 g/mol. The van der Waals surface area contributed by atoms with Crippen molar-refractivity contribution >= 4 is 28.6 Å². The minimum absolute atomic E-state index is 0.0337. The van der Waals surface area contributed by atoms with Gasteiger partial charge in [-0.05, 0) is 18.5 Å². The topological polar surface area (TPSA) is 48.5 Å². The second kappa shape index (κ2) is 8.01. The van der Waals surface area contributed by atoms with Crippen LogP contribution in [0.1, 0.15) is 15.9 Å². The summed E-state index contributed by atoms with van der Waals surface area (Å²) in [4.78, 5) is 22.6. The normalized spacial score (nSPS) is 18.0. The summed E-state index contributed by atoms with van der Waals surface area (Å²) in [6.45, 7) is 4.43. The van der Waals surface area contributed by atoms with Crippen molar-refractivity contribution in [3.8, 4) is 0 Å². The number of carbonyl (C=O) groups excluding carboxylic acids is 1. The fraction of sp³-hybridized carbons (Fsp3) is 0.500. The zero-order valence-electron chi connectivity index (χ0n) is 13.3. The number of aromatic nitrogens is 1. The summed E-state index contributed by atoms with van der Waals surface area (Å²) in [6, 6.07) is 4.12. The SMILES string of the molecule is CN1CCN(CC(=O)N[C@H](Cc2cccs2)c2nccs2)CC1. The lowest BCUT2D eigenvalue weighted by Crippen LogP contribution is -2.48. The van der Waals surface area contributed by atoms with E-state index in [1.165, 1.54) is 4.88 Å². The quantitative estimate of drug-likeness (QED) is 0.864. The van der Waals surface area contributed by atoms with Gasteiger partial charge in [0.05, 0.1) is 12.6 Å². The molecule has 2 aromatic rings. The number of thiophene rings is 1. The molecule has 2 aromatic heterocycles. The predicted molar refractivity (Wildman–Crippen MR) is 95.0 cm³/mol. The van der Waals surface area contributed by atoms with Crippen LogP contribution in [0.5, 0.6) is 0 Å². The summed E-state index contributed by atoms with van der Waals surface area (Å²) in [5.41, 5.74) is 0. The van der Waals surface area contributed by atoms with Crippen molar-refractivity contribution in [3.63, 3.8) is 0 Å². The minimum atomic E-state index is -0.0337. The van der Waals surface area contributed by atoms with E-state index >= 15 is 0 Å². The molecule has 0 spiro atoms. The number of nitrogens with one attached hydrogen (secondary N) is 1. The summed E-state index contributed by atoms with van der Waals surface area (Å²) < 4.78 is 0.